The van der Waals surface area contributed by atoms with E-state index in [4.69, 9.17) is 9.47 Å². The number of carbonyl (C=O) groups excluding carboxylic acids is 2. The summed E-state index contributed by atoms with van der Waals surface area (Å²) < 4.78 is 53.3. The van der Waals surface area contributed by atoms with Crippen molar-refractivity contribution in [2.75, 3.05) is 27.4 Å². The SMILES string of the molecule is C=CC[C@H]1C(CCOC)n2cc(C(=O)NCc3c(F)cc(F)cc3F)c(=O)c(OC)c2C(=O)N1CC=C.[HH]. The van der Waals surface area contributed by atoms with Crippen molar-refractivity contribution in [1.29, 1.82) is 0 Å². The van der Waals surface area contributed by atoms with Crippen LogP contribution in [0.2, 0.25) is 0 Å². The Morgan fingerprint density at radius 2 is 1.81 bits per heavy atom. The highest BCUT2D eigenvalue weighted by Gasteiger charge is 2.41. The molecule has 0 spiro atoms. The average Bonchev–Trinajstić information content (AvgIpc) is 2.85. The van der Waals surface area contributed by atoms with E-state index in [1.165, 1.54) is 25.0 Å². The van der Waals surface area contributed by atoms with Gasteiger partial charge in [-0.1, -0.05) is 12.2 Å². The fourth-order valence-electron chi connectivity index (χ4n) is 4.50. The van der Waals surface area contributed by atoms with Gasteiger partial charge in [0.1, 0.15) is 23.0 Å². The van der Waals surface area contributed by atoms with E-state index in [9.17, 15) is 27.6 Å². The van der Waals surface area contributed by atoms with E-state index in [-0.39, 0.29) is 19.4 Å². The van der Waals surface area contributed by atoms with Crippen LogP contribution in [0.15, 0.2) is 48.4 Å². The molecule has 2 aromatic rings. The number of ether oxygens (including phenoxy) is 2. The van der Waals surface area contributed by atoms with Gasteiger partial charge in [0.05, 0.1) is 19.2 Å². The first kappa shape index (κ1) is 27.7. The first-order valence-electron chi connectivity index (χ1n) is 11.5. The van der Waals surface area contributed by atoms with Crippen molar-refractivity contribution in [3.63, 3.8) is 0 Å². The molecule has 11 heteroatoms. The van der Waals surface area contributed by atoms with Crippen LogP contribution in [0.3, 0.4) is 0 Å². The molecule has 3 rings (SSSR count). The van der Waals surface area contributed by atoms with Gasteiger partial charge in [0.25, 0.3) is 11.8 Å². The van der Waals surface area contributed by atoms with Gasteiger partial charge >= 0.3 is 0 Å². The van der Waals surface area contributed by atoms with E-state index in [1.54, 1.807) is 17.1 Å². The van der Waals surface area contributed by atoms with E-state index >= 15 is 0 Å². The largest absolute Gasteiger partial charge is 0.491 e. The van der Waals surface area contributed by atoms with E-state index < -0.39 is 64.5 Å². The minimum atomic E-state index is -1.18. The molecule has 0 fully saturated rings. The number of halogens is 3. The molecule has 0 saturated carbocycles. The molecule has 2 atom stereocenters. The predicted molar refractivity (Wildman–Crippen MR) is 132 cm³/mol. The highest BCUT2D eigenvalue weighted by Crippen LogP contribution is 2.35. The first-order valence-corrected chi connectivity index (χ1v) is 11.5. The molecule has 0 bridgehead atoms. The van der Waals surface area contributed by atoms with Crippen LogP contribution in [0.25, 0.3) is 0 Å². The van der Waals surface area contributed by atoms with Gasteiger partial charge in [0.15, 0.2) is 11.4 Å². The molecule has 2 heterocycles. The molecule has 0 radical (unpaired) electrons. The number of hydrogen-bond donors (Lipinski definition) is 1. The van der Waals surface area contributed by atoms with Crippen molar-refractivity contribution in [2.24, 2.45) is 0 Å². The second kappa shape index (κ2) is 11.9. The lowest BCUT2D eigenvalue weighted by molar-refractivity contribution is 0.0497. The number of hydrogen-bond acceptors (Lipinski definition) is 5. The van der Waals surface area contributed by atoms with E-state index in [1.807, 2.05) is 0 Å². The monoisotopic (exact) mass is 521 g/mol. The Labute approximate surface area is 213 Å². The third-order valence-corrected chi connectivity index (χ3v) is 6.19. The Kier molecular flexibility index (Phi) is 8.93. The van der Waals surface area contributed by atoms with Crippen LogP contribution in [0, 0.1) is 17.5 Å². The normalized spacial score (nSPS) is 16.8. The van der Waals surface area contributed by atoms with Crippen LogP contribution in [-0.4, -0.2) is 54.7 Å². The molecule has 1 unspecified atom stereocenters. The van der Waals surface area contributed by atoms with Crippen molar-refractivity contribution in [2.45, 2.75) is 31.5 Å². The maximum atomic E-state index is 14.0. The second-order valence-electron chi connectivity index (χ2n) is 8.38. The number of fused-ring (bicyclic) bond motifs is 1. The second-order valence-corrected chi connectivity index (χ2v) is 8.38. The maximum Gasteiger partial charge on any atom is 0.275 e. The number of rotatable bonds is 11. The molecule has 2 amide bonds. The number of nitrogens with zero attached hydrogens (tertiary/aromatic N) is 2. The van der Waals surface area contributed by atoms with E-state index in [2.05, 4.69) is 18.5 Å². The van der Waals surface area contributed by atoms with Gasteiger partial charge in [0.2, 0.25) is 5.43 Å². The Morgan fingerprint density at radius 3 is 2.38 bits per heavy atom. The summed E-state index contributed by atoms with van der Waals surface area (Å²) >= 11 is 0. The minimum absolute atomic E-state index is 0. The first-order chi connectivity index (χ1) is 17.7. The highest BCUT2D eigenvalue weighted by atomic mass is 19.1. The summed E-state index contributed by atoms with van der Waals surface area (Å²) in [6.07, 6.45) is 5.30. The Bertz CT molecular complexity index is 1260. The zero-order valence-corrected chi connectivity index (χ0v) is 20.6. The van der Waals surface area contributed by atoms with Gasteiger partial charge in [-0.05, 0) is 12.8 Å². The number of carbonyl (C=O) groups is 2. The van der Waals surface area contributed by atoms with Gasteiger partial charge in [-0.25, -0.2) is 13.2 Å². The zero-order valence-electron chi connectivity index (χ0n) is 20.6. The lowest BCUT2D eigenvalue weighted by Gasteiger charge is -2.43. The fourth-order valence-corrected chi connectivity index (χ4v) is 4.50. The molecule has 1 aliphatic heterocycles. The van der Waals surface area contributed by atoms with Crippen LogP contribution in [0.5, 0.6) is 5.75 Å². The summed E-state index contributed by atoms with van der Waals surface area (Å²) in [6, 6.07) is 0.152. The summed E-state index contributed by atoms with van der Waals surface area (Å²) in [5, 5.41) is 2.29. The van der Waals surface area contributed by atoms with Gasteiger partial charge in [0, 0.05) is 52.1 Å². The molecule has 200 valence electrons. The standard InChI is InChI=1S/C26H28F3N3O5.H2/c1-5-7-20-21(8-10-36-3)32-14-17(23(33)24(37-4)22(32)26(35)31(20)9-6-2)25(34)30-13-16-18(28)11-15(27)12-19(16)29;/h5-6,11-12,14,20-21H,1-2,7-10,13H2,3-4H3,(H,30,34);1H/t20-,21?;/m0./s1. The molecule has 1 N–H and O–H groups in total. The lowest BCUT2D eigenvalue weighted by Crippen LogP contribution is -2.52. The Hall–Kier alpha value is -3.86. The number of nitrogens with one attached hydrogen (secondary N) is 1. The van der Waals surface area contributed by atoms with Gasteiger partial charge in [-0.3, -0.25) is 14.4 Å². The Balaban J connectivity index is 0.00000507. The molecule has 1 aliphatic rings. The van der Waals surface area contributed by atoms with E-state index in [0.717, 1.165) is 0 Å². The van der Waals surface area contributed by atoms with Gasteiger partial charge in [-0.15, -0.1) is 13.2 Å². The summed E-state index contributed by atoms with van der Waals surface area (Å²) in [7, 11) is 2.73. The van der Waals surface area contributed by atoms with Crippen LogP contribution in [0.4, 0.5) is 13.2 Å². The van der Waals surface area contributed by atoms with Crippen molar-refractivity contribution >= 4 is 11.8 Å². The zero-order chi connectivity index (χ0) is 27.3. The molecule has 0 aliphatic carbocycles. The van der Waals surface area contributed by atoms with Crippen molar-refractivity contribution in [3.8, 4) is 5.75 Å². The molecule has 0 saturated heterocycles. The third kappa shape index (κ3) is 5.46. The lowest BCUT2D eigenvalue weighted by atomic mass is 9.94. The molecule has 1 aromatic heterocycles. The molecule has 37 heavy (non-hydrogen) atoms. The minimum Gasteiger partial charge on any atom is -0.491 e. The smallest absolute Gasteiger partial charge is 0.275 e. The number of amides is 2. The third-order valence-electron chi connectivity index (χ3n) is 6.19. The summed E-state index contributed by atoms with van der Waals surface area (Å²) in [4.78, 5) is 41.3. The molecule has 1 aromatic carbocycles. The summed E-state index contributed by atoms with van der Waals surface area (Å²) in [5.74, 6) is -5.25. The van der Waals surface area contributed by atoms with Crippen molar-refractivity contribution in [3.05, 3.63) is 88.1 Å². The average molecular weight is 522 g/mol. The highest BCUT2D eigenvalue weighted by molar-refractivity contribution is 5.99. The van der Waals surface area contributed by atoms with Crippen LogP contribution >= 0.6 is 0 Å². The fraction of sp³-hybridized carbons (Fsp3) is 0.346. The van der Waals surface area contributed by atoms with Crippen LogP contribution in [-0.2, 0) is 11.3 Å². The maximum absolute atomic E-state index is 14.0. The number of pyridine rings is 1. The van der Waals surface area contributed by atoms with Gasteiger partial charge in [-0.2, -0.15) is 0 Å². The van der Waals surface area contributed by atoms with Gasteiger partial charge < -0.3 is 24.3 Å². The topological polar surface area (TPSA) is 89.9 Å². The van der Waals surface area contributed by atoms with E-state index in [0.29, 0.717) is 31.6 Å². The predicted octanol–water partition coefficient (Wildman–Crippen LogP) is 3.61. The number of methoxy groups -OCH3 is 2. The number of benzene rings is 1. The van der Waals surface area contributed by atoms with Crippen molar-refractivity contribution < 1.29 is 33.7 Å². The van der Waals surface area contributed by atoms with Crippen molar-refractivity contribution in [1.82, 2.24) is 14.8 Å². The molecular formula is C26H30F3N3O5. The van der Waals surface area contributed by atoms with Crippen LogP contribution < -0.4 is 15.5 Å². The van der Waals surface area contributed by atoms with Crippen LogP contribution in [0.1, 0.15) is 46.7 Å². The molecular weight excluding hydrogens is 491 g/mol. The Morgan fingerprint density at radius 1 is 1.14 bits per heavy atom. The quantitative estimate of drug-likeness (QED) is 0.457. The summed E-state index contributed by atoms with van der Waals surface area (Å²) in [5.41, 5.74) is -1.87. The molecule has 8 nitrogen and oxygen atoms in total. The summed E-state index contributed by atoms with van der Waals surface area (Å²) in [6.45, 7) is 7.37. The number of aromatic nitrogens is 1.